The minimum Gasteiger partial charge on any atom is -0.330 e. The third kappa shape index (κ3) is 3.05. The van der Waals surface area contributed by atoms with E-state index >= 15 is 0 Å². The zero-order chi connectivity index (χ0) is 10.6. The zero-order valence-electron chi connectivity index (χ0n) is 8.59. The molecular weight excluding hydrogens is 260 g/mol. The van der Waals surface area contributed by atoms with Gasteiger partial charge in [-0.15, -0.1) is 11.3 Å². The standard InChI is InChI=1S/C10H17BrN2S/c1-7(5-6-12)10(13-2)8-3-4-9(11)14-8/h3-4,7,10,13H,5-6,12H2,1-2H3. The number of rotatable bonds is 5. The van der Waals surface area contributed by atoms with Gasteiger partial charge in [0.1, 0.15) is 0 Å². The molecule has 0 amide bonds. The van der Waals surface area contributed by atoms with Crippen molar-refractivity contribution < 1.29 is 0 Å². The first-order valence-electron chi connectivity index (χ1n) is 4.81. The Morgan fingerprint density at radius 1 is 1.57 bits per heavy atom. The smallest absolute Gasteiger partial charge is 0.0701 e. The molecule has 14 heavy (non-hydrogen) atoms. The van der Waals surface area contributed by atoms with E-state index in [1.807, 2.05) is 7.05 Å². The molecule has 0 aliphatic carbocycles. The van der Waals surface area contributed by atoms with Crippen LogP contribution >= 0.6 is 27.3 Å². The summed E-state index contributed by atoms with van der Waals surface area (Å²) in [4.78, 5) is 1.38. The summed E-state index contributed by atoms with van der Waals surface area (Å²) in [5.41, 5.74) is 5.57. The van der Waals surface area contributed by atoms with E-state index in [4.69, 9.17) is 5.73 Å². The molecule has 0 aromatic carbocycles. The SMILES string of the molecule is CNC(c1ccc(Br)s1)C(C)CCN. The van der Waals surface area contributed by atoms with Crippen molar-refractivity contribution in [2.24, 2.45) is 11.7 Å². The molecule has 0 aliphatic rings. The molecular formula is C10H17BrN2S. The molecule has 0 aliphatic heterocycles. The van der Waals surface area contributed by atoms with Crippen LogP contribution in [0.15, 0.2) is 15.9 Å². The lowest BCUT2D eigenvalue weighted by Gasteiger charge is -2.21. The van der Waals surface area contributed by atoms with Gasteiger partial charge in [0.25, 0.3) is 0 Å². The maximum Gasteiger partial charge on any atom is 0.0701 e. The molecule has 1 aromatic rings. The van der Waals surface area contributed by atoms with Crippen LogP contribution in [0.25, 0.3) is 0 Å². The summed E-state index contributed by atoms with van der Waals surface area (Å²) in [6.45, 7) is 2.99. The van der Waals surface area contributed by atoms with Gasteiger partial charge in [0.05, 0.1) is 3.79 Å². The lowest BCUT2D eigenvalue weighted by molar-refractivity contribution is 0.397. The van der Waals surface area contributed by atoms with Gasteiger partial charge in [0.2, 0.25) is 0 Å². The Balaban J connectivity index is 2.71. The van der Waals surface area contributed by atoms with Gasteiger partial charge in [-0.2, -0.15) is 0 Å². The van der Waals surface area contributed by atoms with Crippen LogP contribution < -0.4 is 11.1 Å². The average Bonchev–Trinajstić information content (AvgIpc) is 2.54. The second kappa shape index (κ2) is 5.85. The van der Waals surface area contributed by atoms with Crippen molar-refractivity contribution in [3.8, 4) is 0 Å². The van der Waals surface area contributed by atoms with Crippen molar-refractivity contribution in [3.05, 3.63) is 20.8 Å². The summed E-state index contributed by atoms with van der Waals surface area (Å²) >= 11 is 5.27. The Hall–Kier alpha value is 0.1000. The normalized spacial score (nSPS) is 15.4. The third-order valence-electron chi connectivity index (χ3n) is 2.40. The second-order valence-electron chi connectivity index (χ2n) is 3.46. The Morgan fingerprint density at radius 3 is 2.71 bits per heavy atom. The molecule has 1 rings (SSSR count). The predicted octanol–water partition coefficient (Wildman–Crippen LogP) is 2.76. The summed E-state index contributed by atoms with van der Waals surface area (Å²) in [5.74, 6) is 0.579. The number of hydrogen-bond acceptors (Lipinski definition) is 3. The highest BCUT2D eigenvalue weighted by Crippen LogP contribution is 2.32. The highest BCUT2D eigenvalue weighted by Gasteiger charge is 2.18. The van der Waals surface area contributed by atoms with Crippen molar-refractivity contribution in [1.29, 1.82) is 0 Å². The second-order valence-corrected chi connectivity index (χ2v) is 5.96. The topological polar surface area (TPSA) is 38.0 Å². The minimum atomic E-state index is 0.426. The first-order valence-corrected chi connectivity index (χ1v) is 6.42. The van der Waals surface area contributed by atoms with Crippen LogP contribution in [0, 0.1) is 5.92 Å². The molecule has 0 spiro atoms. The molecule has 0 fully saturated rings. The van der Waals surface area contributed by atoms with E-state index < -0.39 is 0 Å². The number of nitrogens with one attached hydrogen (secondary N) is 1. The summed E-state index contributed by atoms with van der Waals surface area (Å²) in [7, 11) is 2.01. The monoisotopic (exact) mass is 276 g/mol. The van der Waals surface area contributed by atoms with Crippen LogP contribution in [-0.4, -0.2) is 13.6 Å². The van der Waals surface area contributed by atoms with Gasteiger partial charge in [0.15, 0.2) is 0 Å². The summed E-state index contributed by atoms with van der Waals surface area (Å²) in [5, 5.41) is 3.35. The average molecular weight is 277 g/mol. The van der Waals surface area contributed by atoms with E-state index in [1.54, 1.807) is 11.3 Å². The Labute approximate surface area is 98.0 Å². The third-order valence-corrected chi connectivity index (χ3v) is 4.11. The molecule has 0 saturated heterocycles. The van der Waals surface area contributed by atoms with E-state index in [-0.39, 0.29) is 0 Å². The minimum absolute atomic E-state index is 0.426. The number of nitrogens with two attached hydrogens (primary N) is 1. The predicted molar refractivity (Wildman–Crippen MR) is 66.7 cm³/mol. The molecule has 3 N–H and O–H groups in total. The zero-order valence-corrected chi connectivity index (χ0v) is 11.0. The lowest BCUT2D eigenvalue weighted by atomic mass is 9.97. The maximum atomic E-state index is 5.57. The Kier molecular flexibility index (Phi) is 5.09. The van der Waals surface area contributed by atoms with Crippen LogP contribution in [0.1, 0.15) is 24.3 Å². The first kappa shape index (κ1) is 12.2. The van der Waals surface area contributed by atoms with Crippen molar-refractivity contribution in [2.45, 2.75) is 19.4 Å². The highest BCUT2D eigenvalue weighted by atomic mass is 79.9. The fraction of sp³-hybridized carbons (Fsp3) is 0.600. The number of halogens is 1. The van der Waals surface area contributed by atoms with E-state index in [1.165, 1.54) is 8.66 Å². The highest BCUT2D eigenvalue weighted by molar-refractivity contribution is 9.11. The van der Waals surface area contributed by atoms with Gasteiger partial charge < -0.3 is 11.1 Å². The van der Waals surface area contributed by atoms with Gasteiger partial charge in [-0.25, -0.2) is 0 Å². The quantitative estimate of drug-likeness (QED) is 0.868. The van der Waals surface area contributed by atoms with Crippen LogP contribution in [0.2, 0.25) is 0 Å². The van der Waals surface area contributed by atoms with Crippen LogP contribution in [0.4, 0.5) is 0 Å². The largest absolute Gasteiger partial charge is 0.330 e. The van der Waals surface area contributed by atoms with E-state index in [9.17, 15) is 0 Å². The van der Waals surface area contributed by atoms with Gasteiger partial charge in [-0.1, -0.05) is 6.92 Å². The van der Waals surface area contributed by atoms with Gasteiger partial charge in [-0.3, -0.25) is 0 Å². The van der Waals surface area contributed by atoms with E-state index in [0.29, 0.717) is 12.0 Å². The lowest BCUT2D eigenvalue weighted by Crippen LogP contribution is -2.24. The van der Waals surface area contributed by atoms with Gasteiger partial charge in [0, 0.05) is 10.9 Å². The molecule has 4 heteroatoms. The van der Waals surface area contributed by atoms with Crippen molar-refractivity contribution >= 4 is 27.3 Å². The van der Waals surface area contributed by atoms with Gasteiger partial charge in [-0.05, 0) is 54.0 Å². The Bertz CT molecular complexity index is 275. The molecule has 1 heterocycles. The van der Waals surface area contributed by atoms with Crippen molar-refractivity contribution in [1.82, 2.24) is 5.32 Å². The molecule has 0 bridgehead atoms. The molecule has 1 aromatic heterocycles. The van der Waals surface area contributed by atoms with Crippen LogP contribution in [0.3, 0.4) is 0 Å². The fourth-order valence-corrected chi connectivity index (χ4v) is 3.30. The summed E-state index contributed by atoms with van der Waals surface area (Å²) in [6, 6.07) is 4.69. The molecule has 2 unspecified atom stereocenters. The van der Waals surface area contributed by atoms with Crippen molar-refractivity contribution in [2.75, 3.05) is 13.6 Å². The van der Waals surface area contributed by atoms with E-state index in [2.05, 4.69) is 40.3 Å². The van der Waals surface area contributed by atoms with Crippen LogP contribution in [0.5, 0.6) is 0 Å². The first-order chi connectivity index (χ1) is 6.69. The van der Waals surface area contributed by atoms with E-state index in [0.717, 1.165) is 13.0 Å². The van der Waals surface area contributed by atoms with Crippen molar-refractivity contribution in [3.63, 3.8) is 0 Å². The Morgan fingerprint density at radius 2 is 2.29 bits per heavy atom. The van der Waals surface area contributed by atoms with Crippen LogP contribution in [-0.2, 0) is 0 Å². The number of hydrogen-bond donors (Lipinski definition) is 2. The fourth-order valence-electron chi connectivity index (χ4n) is 1.63. The maximum absolute atomic E-state index is 5.57. The molecule has 80 valence electrons. The number of thiophene rings is 1. The molecule has 0 saturated carbocycles. The molecule has 2 atom stereocenters. The molecule has 0 radical (unpaired) electrons. The van der Waals surface area contributed by atoms with Gasteiger partial charge >= 0.3 is 0 Å². The molecule has 2 nitrogen and oxygen atoms in total. The summed E-state index contributed by atoms with van der Waals surface area (Å²) in [6.07, 6.45) is 1.06. The summed E-state index contributed by atoms with van der Waals surface area (Å²) < 4.78 is 1.19.